The molecule has 0 aromatic carbocycles. The molecule has 3 atom stereocenters. The molecule has 2 fully saturated rings. The van der Waals surface area contributed by atoms with Gasteiger partial charge in [-0.05, 0) is 31.1 Å². The number of fused-ring (bicyclic) bond motifs is 2. The van der Waals surface area contributed by atoms with Crippen LogP contribution in [-0.2, 0) is 4.74 Å². The Morgan fingerprint density at radius 3 is 2.75 bits per heavy atom. The molecule has 0 aromatic rings. The predicted molar refractivity (Wildman–Crippen MR) is 48.8 cm³/mol. The molecular weight excluding hydrogens is 150 g/mol. The first-order chi connectivity index (χ1) is 5.80. The maximum atomic E-state index is 5.86. The fourth-order valence-corrected chi connectivity index (χ4v) is 3.33. The van der Waals surface area contributed by atoms with E-state index in [1.54, 1.807) is 7.11 Å². The van der Waals surface area contributed by atoms with Gasteiger partial charge in [-0.25, -0.2) is 0 Å². The van der Waals surface area contributed by atoms with Gasteiger partial charge in [0.1, 0.15) is 0 Å². The van der Waals surface area contributed by atoms with Crippen LogP contribution in [0.3, 0.4) is 0 Å². The molecule has 0 radical (unpaired) electrons. The minimum absolute atomic E-state index is 0.359. The normalized spacial score (nSPS) is 45.5. The van der Waals surface area contributed by atoms with E-state index >= 15 is 0 Å². The highest BCUT2D eigenvalue weighted by Crippen LogP contribution is 2.55. The molecule has 2 aliphatic carbocycles. The highest BCUT2D eigenvalue weighted by atomic mass is 16.5. The molecule has 2 heteroatoms. The summed E-state index contributed by atoms with van der Waals surface area (Å²) in [5, 5.41) is 0. The van der Waals surface area contributed by atoms with Gasteiger partial charge in [-0.1, -0.05) is 6.42 Å². The summed E-state index contributed by atoms with van der Waals surface area (Å²) in [5.74, 6) is 1.83. The summed E-state index contributed by atoms with van der Waals surface area (Å²) >= 11 is 0. The van der Waals surface area contributed by atoms with Crippen LogP contribution >= 0.6 is 0 Å². The van der Waals surface area contributed by atoms with Crippen LogP contribution in [0.4, 0.5) is 0 Å². The number of ether oxygens (including phenoxy) is 1. The molecule has 2 rings (SSSR count). The summed E-state index contributed by atoms with van der Waals surface area (Å²) in [6.07, 6.45) is 5.57. The molecule has 0 heterocycles. The maximum Gasteiger partial charge on any atom is 0.0533 e. The first-order valence-electron chi connectivity index (χ1n) is 5.00. The van der Waals surface area contributed by atoms with Crippen molar-refractivity contribution in [2.45, 2.75) is 25.7 Å². The van der Waals surface area contributed by atoms with Crippen LogP contribution in [0.1, 0.15) is 25.7 Å². The summed E-state index contributed by atoms with van der Waals surface area (Å²) in [7, 11) is 1.80. The number of hydrogen-bond donors (Lipinski definition) is 1. The molecular formula is C10H19NO. The van der Waals surface area contributed by atoms with E-state index in [0.717, 1.165) is 25.0 Å². The first kappa shape index (κ1) is 8.52. The van der Waals surface area contributed by atoms with Gasteiger partial charge in [0.15, 0.2) is 0 Å². The minimum Gasteiger partial charge on any atom is -0.384 e. The molecule has 2 N–H and O–H groups in total. The molecule has 0 amide bonds. The van der Waals surface area contributed by atoms with E-state index in [4.69, 9.17) is 10.5 Å². The minimum atomic E-state index is 0.359. The highest BCUT2D eigenvalue weighted by Gasteiger charge is 2.49. The Kier molecular flexibility index (Phi) is 2.13. The molecule has 2 bridgehead atoms. The third-order valence-electron chi connectivity index (χ3n) is 3.94. The van der Waals surface area contributed by atoms with Gasteiger partial charge in [0, 0.05) is 19.1 Å². The Morgan fingerprint density at radius 1 is 1.50 bits per heavy atom. The Balaban J connectivity index is 2.08. The SMILES string of the molecule is COCC1(CN)CC2CCC1C2. The smallest absolute Gasteiger partial charge is 0.0533 e. The molecule has 0 saturated heterocycles. The van der Waals surface area contributed by atoms with Crippen molar-refractivity contribution < 1.29 is 4.74 Å². The molecule has 2 nitrogen and oxygen atoms in total. The van der Waals surface area contributed by atoms with Crippen molar-refractivity contribution in [1.29, 1.82) is 0 Å². The van der Waals surface area contributed by atoms with Crippen LogP contribution in [0.15, 0.2) is 0 Å². The van der Waals surface area contributed by atoms with Gasteiger partial charge in [-0.3, -0.25) is 0 Å². The van der Waals surface area contributed by atoms with Gasteiger partial charge in [0.2, 0.25) is 0 Å². The summed E-state index contributed by atoms with van der Waals surface area (Å²) in [6, 6.07) is 0. The zero-order chi connectivity index (χ0) is 8.60. The molecule has 70 valence electrons. The average molecular weight is 169 g/mol. The van der Waals surface area contributed by atoms with Gasteiger partial charge in [0.05, 0.1) is 6.61 Å². The first-order valence-corrected chi connectivity index (χ1v) is 5.00. The molecule has 3 unspecified atom stereocenters. The lowest BCUT2D eigenvalue weighted by Crippen LogP contribution is -2.39. The number of hydrogen-bond acceptors (Lipinski definition) is 2. The van der Waals surface area contributed by atoms with Crippen molar-refractivity contribution >= 4 is 0 Å². The predicted octanol–water partition coefficient (Wildman–Crippen LogP) is 1.40. The standard InChI is InChI=1S/C10H19NO/c1-12-7-10(6-11)5-8-2-3-9(10)4-8/h8-9H,2-7,11H2,1H3. The van der Waals surface area contributed by atoms with Gasteiger partial charge >= 0.3 is 0 Å². The Morgan fingerprint density at radius 2 is 2.33 bits per heavy atom. The second-order valence-corrected chi connectivity index (χ2v) is 4.58. The number of nitrogens with two attached hydrogens (primary N) is 1. The molecule has 0 spiro atoms. The van der Waals surface area contributed by atoms with Crippen LogP contribution in [-0.4, -0.2) is 20.3 Å². The van der Waals surface area contributed by atoms with Crippen molar-refractivity contribution in [3.8, 4) is 0 Å². The summed E-state index contributed by atoms with van der Waals surface area (Å²) in [6.45, 7) is 1.70. The van der Waals surface area contributed by atoms with Crippen LogP contribution < -0.4 is 5.73 Å². The van der Waals surface area contributed by atoms with Crippen LogP contribution in [0.25, 0.3) is 0 Å². The van der Waals surface area contributed by atoms with E-state index in [1.165, 1.54) is 25.7 Å². The lowest BCUT2D eigenvalue weighted by molar-refractivity contribution is 0.0415. The van der Waals surface area contributed by atoms with E-state index in [-0.39, 0.29) is 0 Å². The van der Waals surface area contributed by atoms with E-state index < -0.39 is 0 Å². The highest BCUT2D eigenvalue weighted by molar-refractivity contribution is 5.00. The van der Waals surface area contributed by atoms with Gasteiger partial charge in [-0.2, -0.15) is 0 Å². The van der Waals surface area contributed by atoms with Crippen molar-refractivity contribution in [1.82, 2.24) is 0 Å². The Labute approximate surface area is 74.5 Å². The van der Waals surface area contributed by atoms with Gasteiger partial charge < -0.3 is 10.5 Å². The van der Waals surface area contributed by atoms with Crippen molar-refractivity contribution in [3.63, 3.8) is 0 Å². The third-order valence-corrected chi connectivity index (χ3v) is 3.94. The van der Waals surface area contributed by atoms with Crippen LogP contribution in [0.2, 0.25) is 0 Å². The van der Waals surface area contributed by atoms with Crippen LogP contribution in [0.5, 0.6) is 0 Å². The topological polar surface area (TPSA) is 35.2 Å². The average Bonchev–Trinajstić information content (AvgIpc) is 2.64. The fourth-order valence-electron chi connectivity index (χ4n) is 3.33. The molecule has 0 aromatic heterocycles. The monoisotopic (exact) mass is 169 g/mol. The lowest BCUT2D eigenvalue weighted by atomic mass is 9.74. The van der Waals surface area contributed by atoms with E-state index in [1.807, 2.05) is 0 Å². The third kappa shape index (κ3) is 1.09. The summed E-state index contributed by atoms with van der Waals surface area (Å²) < 4.78 is 5.29. The maximum absolute atomic E-state index is 5.86. The Hall–Kier alpha value is -0.0800. The van der Waals surface area contributed by atoms with E-state index in [9.17, 15) is 0 Å². The van der Waals surface area contributed by atoms with Gasteiger partial charge in [-0.15, -0.1) is 0 Å². The second kappa shape index (κ2) is 3.00. The van der Waals surface area contributed by atoms with E-state index in [0.29, 0.717) is 5.41 Å². The van der Waals surface area contributed by atoms with Gasteiger partial charge in [0.25, 0.3) is 0 Å². The quantitative estimate of drug-likeness (QED) is 0.693. The number of rotatable bonds is 3. The zero-order valence-electron chi connectivity index (χ0n) is 7.88. The molecule has 2 aliphatic rings. The summed E-state index contributed by atoms with van der Waals surface area (Å²) in [5.41, 5.74) is 6.22. The zero-order valence-corrected chi connectivity index (χ0v) is 7.88. The largest absolute Gasteiger partial charge is 0.384 e. The van der Waals surface area contributed by atoms with Crippen molar-refractivity contribution in [3.05, 3.63) is 0 Å². The Bertz CT molecular complexity index is 171. The fraction of sp³-hybridized carbons (Fsp3) is 1.00. The lowest BCUT2D eigenvalue weighted by Gasteiger charge is -2.35. The van der Waals surface area contributed by atoms with Crippen molar-refractivity contribution in [2.75, 3.05) is 20.3 Å². The van der Waals surface area contributed by atoms with Crippen molar-refractivity contribution in [2.24, 2.45) is 23.0 Å². The summed E-state index contributed by atoms with van der Waals surface area (Å²) in [4.78, 5) is 0. The van der Waals surface area contributed by atoms with Crippen LogP contribution in [0, 0.1) is 17.3 Å². The molecule has 0 aliphatic heterocycles. The second-order valence-electron chi connectivity index (χ2n) is 4.58. The molecule has 12 heavy (non-hydrogen) atoms. The van der Waals surface area contributed by atoms with E-state index in [2.05, 4.69) is 0 Å². The molecule has 2 saturated carbocycles. The number of methoxy groups -OCH3 is 1.